The first kappa shape index (κ1) is 20.3. The van der Waals surface area contributed by atoms with E-state index in [1.807, 2.05) is 11.9 Å². The molecule has 1 saturated heterocycles. The van der Waals surface area contributed by atoms with Crippen molar-refractivity contribution < 1.29 is 9.18 Å². The molecule has 0 bridgehead atoms. The van der Waals surface area contributed by atoms with Crippen molar-refractivity contribution >= 4 is 18.3 Å². The van der Waals surface area contributed by atoms with E-state index >= 15 is 0 Å². The number of piperidine rings is 1. The topological polar surface area (TPSA) is 63.1 Å². The highest BCUT2D eigenvalue weighted by Gasteiger charge is 2.26. The highest BCUT2D eigenvalue weighted by molar-refractivity contribution is 5.90. The van der Waals surface area contributed by atoms with Crippen molar-refractivity contribution in [2.45, 2.75) is 26.2 Å². The zero-order chi connectivity index (χ0) is 17.8. The Kier molecular flexibility index (Phi) is 7.11. The van der Waals surface area contributed by atoms with E-state index in [4.69, 9.17) is 0 Å². The van der Waals surface area contributed by atoms with Gasteiger partial charge in [-0.2, -0.15) is 0 Å². The number of amides is 1. The van der Waals surface area contributed by atoms with Crippen LogP contribution in [0.4, 0.5) is 4.39 Å². The van der Waals surface area contributed by atoms with Gasteiger partial charge in [0.1, 0.15) is 11.6 Å². The minimum Gasteiger partial charge on any atom is -0.336 e. The minimum atomic E-state index is -0.307. The largest absolute Gasteiger partial charge is 0.336 e. The monoisotopic (exact) mass is 381 g/mol. The molecule has 0 radical (unpaired) electrons. The Labute approximate surface area is 159 Å². The van der Waals surface area contributed by atoms with Crippen molar-refractivity contribution in [2.75, 3.05) is 26.7 Å². The number of halogens is 2. The molecular formula is C18H25ClFN5O. The predicted octanol–water partition coefficient (Wildman–Crippen LogP) is 2.60. The van der Waals surface area contributed by atoms with Crippen molar-refractivity contribution in [1.29, 1.82) is 0 Å². The Morgan fingerprint density at radius 3 is 2.54 bits per heavy atom. The van der Waals surface area contributed by atoms with E-state index in [9.17, 15) is 9.18 Å². The third-order valence-corrected chi connectivity index (χ3v) is 4.74. The molecule has 0 atom stereocenters. The van der Waals surface area contributed by atoms with Crippen LogP contribution in [0.1, 0.15) is 35.7 Å². The summed E-state index contributed by atoms with van der Waals surface area (Å²) in [6, 6.07) is 5.98. The molecule has 26 heavy (non-hydrogen) atoms. The first-order chi connectivity index (χ1) is 12.1. The van der Waals surface area contributed by atoms with E-state index in [-0.39, 0.29) is 30.0 Å². The van der Waals surface area contributed by atoms with Gasteiger partial charge in [-0.05, 0) is 70.0 Å². The lowest BCUT2D eigenvalue weighted by Gasteiger charge is -2.31. The first-order valence-electron chi connectivity index (χ1n) is 8.72. The molecule has 2 heterocycles. The van der Waals surface area contributed by atoms with Crippen LogP contribution in [0.3, 0.4) is 0 Å². The normalized spacial score (nSPS) is 15.0. The molecular weight excluding hydrogens is 357 g/mol. The Morgan fingerprint density at radius 1 is 1.27 bits per heavy atom. The van der Waals surface area contributed by atoms with Crippen LogP contribution in [0.2, 0.25) is 0 Å². The van der Waals surface area contributed by atoms with Gasteiger partial charge in [-0.1, -0.05) is 0 Å². The molecule has 3 rings (SSSR count). The molecule has 2 aromatic rings. The summed E-state index contributed by atoms with van der Waals surface area (Å²) in [7, 11) is 1.96. The fraction of sp³-hybridized carbons (Fsp3) is 0.500. The van der Waals surface area contributed by atoms with Gasteiger partial charge in [-0.15, -0.1) is 17.5 Å². The molecule has 0 spiro atoms. The van der Waals surface area contributed by atoms with Crippen LogP contribution in [0.15, 0.2) is 24.3 Å². The van der Waals surface area contributed by atoms with Crippen LogP contribution in [-0.4, -0.2) is 52.3 Å². The van der Waals surface area contributed by atoms with Gasteiger partial charge < -0.3 is 10.2 Å². The predicted molar refractivity (Wildman–Crippen MR) is 100 cm³/mol. The molecule has 1 aromatic heterocycles. The van der Waals surface area contributed by atoms with E-state index in [2.05, 4.69) is 15.4 Å². The van der Waals surface area contributed by atoms with Gasteiger partial charge in [-0.3, -0.25) is 4.79 Å². The SMILES string of the molecule is CNCCC1CCN(C(=O)c2nc(C)n(-c3ccc(F)cc3)n2)CC1.Cl. The quantitative estimate of drug-likeness (QED) is 0.864. The summed E-state index contributed by atoms with van der Waals surface area (Å²) in [6.07, 6.45) is 3.19. The lowest BCUT2D eigenvalue weighted by Crippen LogP contribution is -2.39. The second-order valence-corrected chi connectivity index (χ2v) is 6.50. The van der Waals surface area contributed by atoms with Crippen molar-refractivity contribution in [1.82, 2.24) is 25.0 Å². The molecule has 8 heteroatoms. The molecule has 1 amide bonds. The van der Waals surface area contributed by atoms with Crippen molar-refractivity contribution in [3.8, 4) is 5.69 Å². The summed E-state index contributed by atoms with van der Waals surface area (Å²) >= 11 is 0. The lowest BCUT2D eigenvalue weighted by atomic mass is 9.93. The molecule has 1 aromatic carbocycles. The Morgan fingerprint density at radius 2 is 1.92 bits per heavy atom. The molecule has 0 saturated carbocycles. The van der Waals surface area contributed by atoms with Gasteiger partial charge in [0.2, 0.25) is 5.82 Å². The highest BCUT2D eigenvalue weighted by atomic mass is 35.5. The molecule has 0 unspecified atom stereocenters. The lowest BCUT2D eigenvalue weighted by molar-refractivity contribution is 0.0675. The third kappa shape index (κ3) is 4.59. The van der Waals surface area contributed by atoms with E-state index in [1.165, 1.54) is 12.1 Å². The van der Waals surface area contributed by atoms with Gasteiger partial charge in [0.05, 0.1) is 5.69 Å². The second-order valence-electron chi connectivity index (χ2n) is 6.50. The van der Waals surface area contributed by atoms with Crippen LogP contribution in [-0.2, 0) is 0 Å². The number of aromatic nitrogens is 3. The van der Waals surface area contributed by atoms with Crippen LogP contribution in [0.25, 0.3) is 5.69 Å². The van der Waals surface area contributed by atoms with E-state index in [0.29, 0.717) is 17.4 Å². The number of nitrogens with zero attached hydrogens (tertiary/aromatic N) is 4. The molecule has 1 aliphatic rings. The summed E-state index contributed by atoms with van der Waals surface area (Å²) in [4.78, 5) is 18.8. The number of benzene rings is 1. The second kappa shape index (κ2) is 9.09. The van der Waals surface area contributed by atoms with E-state index in [1.54, 1.807) is 23.7 Å². The maximum atomic E-state index is 13.1. The molecule has 0 aliphatic carbocycles. The third-order valence-electron chi connectivity index (χ3n) is 4.74. The molecule has 6 nitrogen and oxygen atoms in total. The van der Waals surface area contributed by atoms with E-state index < -0.39 is 0 Å². The summed E-state index contributed by atoms with van der Waals surface area (Å²) in [5, 5.41) is 7.51. The summed E-state index contributed by atoms with van der Waals surface area (Å²) < 4.78 is 14.7. The maximum Gasteiger partial charge on any atom is 0.293 e. The summed E-state index contributed by atoms with van der Waals surface area (Å²) in [6.45, 7) is 4.30. The van der Waals surface area contributed by atoms with Crippen molar-refractivity contribution in [3.05, 3.63) is 41.7 Å². The summed E-state index contributed by atoms with van der Waals surface area (Å²) in [5.74, 6) is 1.05. The van der Waals surface area contributed by atoms with Crippen molar-refractivity contribution in [2.24, 2.45) is 5.92 Å². The number of carbonyl (C=O) groups is 1. The van der Waals surface area contributed by atoms with Crippen LogP contribution in [0, 0.1) is 18.7 Å². The van der Waals surface area contributed by atoms with Gasteiger partial charge in [0.15, 0.2) is 0 Å². The number of hydrogen-bond acceptors (Lipinski definition) is 4. The average Bonchev–Trinajstić information content (AvgIpc) is 3.02. The fourth-order valence-electron chi connectivity index (χ4n) is 3.22. The zero-order valence-corrected chi connectivity index (χ0v) is 15.9. The number of hydrogen-bond donors (Lipinski definition) is 1. The zero-order valence-electron chi connectivity index (χ0n) is 15.1. The number of rotatable bonds is 5. The maximum absolute atomic E-state index is 13.1. The molecule has 1 N–H and O–H groups in total. The van der Waals surface area contributed by atoms with E-state index in [0.717, 1.165) is 38.9 Å². The van der Waals surface area contributed by atoms with Crippen LogP contribution in [0.5, 0.6) is 0 Å². The van der Waals surface area contributed by atoms with Gasteiger partial charge >= 0.3 is 0 Å². The first-order valence-corrected chi connectivity index (χ1v) is 8.72. The smallest absolute Gasteiger partial charge is 0.293 e. The molecule has 142 valence electrons. The molecule has 1 fully saturated rings. The van der Waals surface area contributed by atoms with Gasteiger partial charge in [0.25, 0.3) is 5.91 Å². The standard InChI is InChI=1S/C18H24FN5O.ClH/c1-13-21-17(22-24(13)16-5-3-15(19)4-6-16)18(25)23-11-8-14(9-12-23)7-10-20-2;/h3-6,14,20H,7-12H2,1-2H3;1H. The number of carbonyl (C=O) groups excluding carboxylic acids is 1. The highest BCUT2D eigenvalue weighted by Crippen LogP contribution is 2.21. The Bertz CT molecular complexity index is 726. The number of nitrogens with one attached hydrogen (secondary N) is 1. The Balaban J connectivity index is 0.00000243. The van der Waals surface area contributed by atoms with Crippen molar-refractivity contribution in [3.63, 3.8) is 0 Å². The van der Waals surface area contributed by atoms with Gasteiger partial charge in [0, 0.05) is 13.1 Å². The average molecular weight is 382 g/mol. The summed E-state index contributed by atoms with van der Waals surface area (Å²) in [5.41, 5.74) is 0.691. The van der Waals surface area contributed by atoms with Crippen LogP contribution >= 0.6 is 12.4 Å². The number of aryl methyl sites for hydroxylation is 1. The van der Waals surface area contributed by atoms with Gasteiger partial charge in [-0.25, -0.2) is 14.1 Å². The number of likely N-dealkylation sites (tertiary alicyclic amines) is 1. The fourth-order valence-corrected chi connectivity index (χ4v) is 3.22. The molecule has 1 aliphatic heterocycles. The van der Waals surface area contributed by atoms with Crippen LogP contribution < -0.4 is 5.32 Å². The Hall–Kier alpha value is -1.99. The minimum absolute atomic E-state index is 0.